The molecule has 0 saturated carbocycles. The van der Waals surface area contributed by atoms with E-state index in [4.69, 9.17) is 5.11 Å². The standard InChI is InChI=1S/C12H8O3/c13-7-10-5-8-3-1-2-4-9(8)6-11(10)12(14)15/h1-7H,(H,14,15). The van der Waals surface area contributed by atoms with Gasteiger partial charge in [-0.25, -0.2) is 4.79 Å². The van der Waals surface area contributed by atoms with Gasteiger partial charge in [0.2, 0.25) is 0 Å². The monoisotopic (exact) mass is 200 g/mol. The maximum Gasteiger partial charge on any atom is 0.336 e. The fraction of sp³-hybridized carbons (Fsp3) is 0. The number of hydrogen-bond donors (Lipinski definition) is 1. The lowest BCUT2D eigenvalue weighted by atomic mass is 10.0. The van der Waals surface area contributed by atoms with E-state index in [-0.39, 0.29) is 11.1 Å². The molecule has 2 aromatic carbocycles. The second kappa shape index (κ2) is 3.53. The van der Waals surface area contributed by atoms with Crippen molar-refractivity contribution in [2.24, 2.45) is 0 Å². The number of aromatic carboxylic acids is 1. The summed E-state index contributed by atoms with van der Waals surface area (Å²) in [5.41, 5.74) is 0.255. The van der Waals surface area contributed by atoms with E-state index >= 15 is 0 Å². The van der Waals surface area contributed by atoms with Gasteiger partial charge < -0.3 is 5.11 Å². The third-order valence-electron chi connectivity index (χ3n) is 2.28. The molecule has 0 atom stereocenters. The Kier molecular flexibility index (Phi) is 2.21. The molecule has 2 aromatic rings. The summed E-state index contributed by atoms with van der Waals surface area (Å²) in [5, 5.41) is 10.6. The third-order valence-corrected chi connectivity index (χ3v) is 2.28. The van der Waals surface area contributed by atoms with Crippen molar-refractivity contribution < 1.29 is 14.7 Å². The summed E-state index contributed by atoms with van der Waals surface area (Å²) in [6.45, 7) is 0. The van der Waals surface area contributed by atoms with Gasteiger partial charge in [0.1, 0.15) is 0 Å². The quantitative estimate of drug-likeness (QED) is 0.757. The minimum atomic E-state index is -1.08. The molecule has 15 heavy (non-hydrogen) atoms. The molecule has 0 bridgehead atoms. The van der Waals surface area contributed by atoms with Crippen LogP contribution in [0.2, 0.25) is 0 Å². The van der Waals surface area contributed by atoms with Crippen LogP contribution in [0.3, 0.4) is 0 Å². The average molecular weight is 200 g/mol. The minimum Gasteiger partial charge on any atom is -0.478 e. The van der Waals surface area contributed by atoms with Gasteiger partial charge in [0.15, 0.2) is 6.29 Å². The van der Waals surface area contributed by atoms with Crippen molar-refractivity contribution in [3.05, 3.63) is 47.5 Å². The van der Waals surface area contributed by atoms with Crippen LogP contribution in [-0.4, -0.2) is 17.4 Å². The minimum absolute atomic E-state index is 0.0451. The molecule has 2 rings (SSSR count). The molecule has 1 N–H and O–H groups in total. The van der Waals surface area contributed by atoms with Gasteiger partial charge in [0.25, 0.3) is 0 Å². The Bertz CT molecular complexity index is 544. The molecule has 74 valence electrons. The van der Waals surface area contributed by atoms with Gasteiger partial charge >= 0.3 is 5.97 Å². The Morgan fingerprint density at radius 1 is 1.13 bits per heavy atom. The van der Waals surface area contributed by atoms with E-state index in [9.17, 15) is 9.59 Å². The molecule has 0 amide bonds. The molecular formula is C12H8O3. The number of carbonyl (C=O) groups excluding carboxylic acids is 1. The van der Waals surface area contributed by atoms with Crippen LogP contribution in [0.25, 0.3) is 10.8 Å². The zero-order chi connectivity index (χ0) is 10.8. The molecule has 0 aliphatic heterocycles. The first kappa shape index (κ1) is 9.40. The van der Waals surface area contributed by atoms with Gasteiger partial charge in [0.05, 0.1) is 5.56 Å². The van der Waals surface area contributed by atoms with Crippen LogP contribution in [0.4, 0.5) is 0 Å². The molecular weight excluding hydrogens is 192 g/mol. The van der Waals surface area contributed by atoms with Gasteiger partial charge in [-0.15, -0.1) is 0 Å². The molecule has 0 radical (unpaired) electrons. The highest BCUT2D eigenvalue weighted by Crippen LogP contribution is 2.19. The lowest BCUT2D eigenvalue weighted by Crippen LogP contribution is -2.01. The van der Waals surface area contributed by atoms with Crippen molar-refractivity contribution in [2.75, 3.05) is 0 Å². The molecule has 3 heteroatoms. The molecule has 0 aromatic heterocycles. The molecule has 0 spiro atoms. The lowest BCUT2D eigenvalue weighted by molar-refractivity contribution is 0.0694. The fourth-order valence-electron chi connectivity index (χ4n) is 1.54. The zero-order valence-corrected chi connectivity index (χ0v) is 7.81. The summed E-state index contributed by atoms with van der Waals surface area (Å²) in [5.74, 6) is -1.08. The summed E-state index contributed by atoms with van der Waals surface area (Å²) in [4.78, 5) is 21.6. The Morgan fingerprint density at radius 2 is 1.73 bits per heavy atom. The van der Waals surface area contributed by atoms with Crippen molar-refractivity contribution in [2.45, 2.75) is 0 Å². The Labute approximate surface area is 86.0 Å². The number of aldehydes is 1. The van der Waals surface area contributed by atoms with Crippen molar-refractivity contribution in [3.63, 3.8) is 0 Å². The summed E-state index contributed by atoms with van der Waals surface area (Å²) >= 11 is 0. The van der Waals surface area contributed by atoms with E-state index in [0.717, 1.165) is 10.8 Å². The number of benzene rings is 2. The fourth-order valence-corrected chi connectivity index (χ4v) is 1.54. The largest absolute Gasteiger partial charge is 0.478 e. The van der Waals surface area contributed by atoms with Crippen molar-refractivity contribution in [1.82, 2.24) is 0 Å². The van der Waals surface area contributed by atoms with E-state index in [1.807, 2.05) is 24.3 Å². The van der Waals surface area contributed by atoms with E-state index in [1.54, 1.807) is 6.07 Å². The van der Waals surface area contributed by atoms with Crippen molar-refractivity contribution >= 4 is 23.0 Å². The molecule has 0 aliphatic carbocycles. The second-order valence-electron chi connectivity index (χ2n) is 3.21. The summed E-state index contributed by atoms with van der Waals surface area (Å²) in [6, 6.07) is 10.4. The van der Waals surface area contributed by atoms with Gasteiger partial charge in [-0.05, 0) is 22.9 Å². The molecule has 0 saturated heterocycles. The molecule has 0 unspecified atom stereocenters. The topological polar surface area (TPSA) is 54.4 Å². The summed E-state index contributed by atoms with van der Waals surface area (Å²) < 4.78 is 0. The van der Waals surface area contributed by atoms with Crippen LogP contribution in [0.15, 0.2) is 36.4 Å². The van der Waals surface area contributed by atoms with Crippen LogP contribution >= 0.6 is 0 Å². The predicted octanol–water partition coefficient (Wildman–Crippen LogP) is 2.35. The lowest BCUT2D eigenvalue weighted by Gasteiger charge is -2.02. The van der Waals surface area contributed by atoms with Gasteiger partial charge in [-0.2, -0.15) is 0 Å². The van der Waals surface area contributed by atoms with E-state index in [1.165, 1.54) is 6.07 Å². The van der Waals surface area contributed by atoms with E-state index < -0.39 is 5.97 Å². The highest BCUT2D eigenvalue weighted by molar-refractivity contribution is 6.02. The van der Waals surface area contributed by atoms with Crippen LogP contribution in [0.1, 0.15) is 20.7 Å². The smallest absolute Gasteiger partial charge is 0.336 e. The van der Waals surface area contributed by atoms with Gasteiger partial charge in [-0.1, -0.05) is 24.3 Å². The maximum atomic E-state index is 10.9. The summed E-state index contributed by atoms with van der Waals surface area (Å²) in [7, 11) is 0. The van der Waals surface area contributed by atoms with E-state index in [0.29, 0.717) is 6.29 Å². The van der Waals surface area contributed by atoms with Gasteiger partial charge in [0, 0.05) is 5.56 Å². The SMILES string of the molecule is O=Cc1cc2ccccc2cc1C(=O)O. The van der Waals surface area contributed by atoms with Crippen LogP contribution < -0.4 is 0 Å². The first-order valence-electron chi connectivity index (χ1n) is 4.43. The predicted molar refractivity (Wildman–Crippen MR) is 56.3 cm³/mol. The summed E-state index contributed by atoms with van der Waals surface area (Å²) in [6.07, 6.45) is 0.565. The van der Waals surface area contributed by atoms with Crippen LogP contribution in [-0.2, 0) is 0 Å². The third kappa shape index (κ3) is 1.59. The molecule has 0 heterocycles. The van der Waals surface area contributed by atoms with Crippen molar-refractivity contribution in [1.29, 1.82) is 0 Å². The molecule has 0 aliphatic rings. The first-order chi connectivity index (χ1) is 7.22. The maximum absolute atomic E-state index is 10.9. The molecule has 3 nitrogen and oxygen atoms in total. The Morgan fingerprint density at radius 3 is 2.27 bits per heavy atom. The number of carboxylic acids is 1. The van der Waals surface area contributed by atoms with Gasteiger partial charge in [-0.3, -0.25) is 4.79 Å². The first-order valence-corrected chi connectivity index (χ1v) is 4.43. The number of carboxylic acid groups (broad SMARTS) is 1. The number of rotatable bonds is 2. The molecule has 0 fully saturated rings. The van der Waals surface area contributed by atoms with Crippen LogP contribution in [0.5, 0.6) is 0 Å². The number of hydrogen-bond acceptors (Lipinski definition) is 2. The Hall–Kier alpha value is -2.16. The average Bonchev–Trinajstić information content (AvgIpc) is 2.27. The Balaban J connectivity index is 2.80. The highest BCUT2D eigenvalue weighted by atomic mass is 16.4. The zero-order valence-electron chi connectivity index (χ0n) is 7.81. The second-order valence-corrected chi connectivity index (χ2v) is 3.21. The normalized spacial score (nSPS) is 10.1. The van der Waals surface area contributed by atoms with E-state index in [2.05, 4.69) is 0 Å². The highest BCUT2D eigenvalue weighted by Gasteiger charge is 2.10. The van der Waals surface area contributed by atoms with Crippen LogP contribution in [0, 0.1) is 0 Å². The number of fused-ring (bicyclic) bond motifs is 1. The number of carbonyl (C=O) groups is 2. The van der Waals surface area contributed by atoms with Crippen molar-refractivity contribution in [3.8, 4) is 0 Å².